The van der Waals surface area contributed by atoms with E-state index in [1.165, 1.54) is 11.1 Å². The second-order valence-corrected chi connectivity index (χ2v) is 9.21. The highest BCUT2D eigenvalue weighted by molar-refractivity contribution is 5.94. The molecule has 1 aromatic carbocycles. The van der Waals surface area contributed by atoms with E-state index in [1.807, 2.05) is 11.9 Å². The summed E-state index contributed by atoms with van der Waals surface area (Å²) in [6.07, 6.45) is 9.57. The lowest BCUT2D eigenvalue weighted by Crippen LogP contribution is -2.40. The number of benzene rings is 1. The average molecular weight is 445 g/mol. The van der Waals surface area contributed by atoms with Crippen LogP contribution in [0, 0.1) is 6.92 Å². The van der Waals surface area contributed by atoms with Gasteiger partial charge in [-0.15, -0.1) is 0 Å². The molecular weight excluding hydrogens is 412 g/mol. The van der Waals surface area contributed by atoms with Crippen LogP contribution in [-0.4, -0.2) is 50.2 Å². The maximum Gasteiger partial charge on any atom is 0.257 e. The van der Waals surface area contributed by atoms with Crippen LogP contribution in [0.3, 0.4) is 0 Å². The van der Waals surface area contributed by atoms with Crippen molar-refractivity contribution in [2.24, 2.45) is 7.05 Å². The molecule has 7 heteroatoms. The normalized spacial score (nSPS) is 18.3. The molecule has 3 aromatic rings. The standard InChI is InChI=1S/C26H32N6O/c1-19-22-11-8-14-31(16-13-20-9-4-3-5-10-20)25(22)29-24(28-19)23-12-6-7-15-32(23)26(33)21-17-27-30(2)18-21/h3-5,9-10,17-18,23H,6-8,11-16H2,1-2H3/t23-/m1/s1. The van der Waals surface area contributed by atoms with Gasteiger partial charge >= 0.3 is 0 Å². The summed E-state index contributed by atoms with van der Waals surface area (Å²) in [6.45, 7) is 4.78. The van der Waals surface area contributed by atoms with Gasteiger partial charge in [-0.3, -0.25) is 9.48 Å². The molecule has 0 aliphatic carbocycles. The first-order valence-electron chi connectivity index (χ1n) is 12.1. The van der Waals surface area contributed by atoms with Gasteiger partial charge in [0.05, 0.1) is 17.8 Å². The van der Waals surface area contributed by atoms with E-state index >= 15 is 0 Å². The molecule has 1 saturated heterocycles. The second-order valence-electron chi connectivity index (χ2n) is 9.21. The van der Waals surface area contributed by atoms with Crippen LogP contribution in [0.2, 0.25) is 0 Å². The molecule has 5 rings (SSSR count). The van der Waals surface area contributed by atoms with Crippen molar-refractivity contribution in [3.63, 3.8) is 0 Å². The van der Waals surface area contributed by atoms with E-state index < -0.39 is 0 Å². The Labute approximate surface area is 195 Å². The number of hydrogen-bond donors (Lipinski definition) is 0. The summed E-state index contributed by atoms with van der Waals surface area (Å²) in [7, 11) is 1.84. The molecule has 1 fully saturated rings. The molecule has 7 nitrogen and oxygen atoms in total. The van der Waals surface area contributed by atoms with Gasteiger partial charge in [-0.25, -0.2) is 9.97 Å². The number of hydrogen-bond acceptors (Lipinski definition) is 5. The number of fused-ring (bicyclic) bond motifs is 1. The number of aryl methyl sites for hydroxylation is 2. The Morgan fingerprint density at radius 1 is 1.09 bits per heavy atom. The monoisotopic (exact) mass is 444 g/mol. The molecule has 0 radical (unpaired) electrons. The Hall–Kier alpha value is -3.22. The number of carbonyl (C=O) groups excluding carboxylic acids is 1. The number of aromatic nitrogens is 4. The third-order valence-electron chi connectivity index (χ3n) is 6.89. The van der Waals surface area contributed by atoms with E-state index in [2.05, 4.69) is 47.3 Å². The van der Waals surface area contributed by atoms with Crippen LogP contribution >= 0.6 is 0 Å². The van der Waals surface area contributed by atoms with Crippen LogP contribution in [0.15, 0.2) is 42.7 Å². The lowest BCUT2D eigenvalue weighted by atomic mass is 9.98. The lowest BCUT2D eigenvalue weighted by Gasteiger charge is -2.36. The van der Waals surface area contributed by atoms with Gasteiger partial charge in [-0.1, -0.05) is 30.3 Å². The van der Waals surface area contributed by atoms with Crippen molar-refractivity contribution in [2.75, 3.05) is 24.5 Å². The zero-order valence-corrected chi connectivity index (χ0v) is 19.6. The average Bonchev–Trinajstić information content (AvgIpc) is 3.29. The van der Waals surface area contributed by atoms with Crippen molar-refractivity contribution < 1.29 is 4.79 Å². The first-order chi connectivity index (χ1) is 16.1. The molecule has 2 aromatic heterocycles. The predicted molar refractivity (Wildman–Crippen MR) is 128 cm³/mol. The van der Waals surface area contributed by atoms with E-state index in [9.17, 15) is 4.79 Å². The quantitative estimate of drug-likeness (QED) is 0.597. The fourth-order valence-corrected chi connectivity index (χ4v) is 5.12. The van der Waals surface area contributed by atoms with E-state index in [-0.39, 0.29) is 11.9 Å². The molecule has 33 heavy (non-hydrogen) atoms. The molecular formula is C26H32N6O. The highest BCUT2D eigenvalue weighted by Gasteiger charge is 2.33. The molecule has 0 spiro atoms. The topological polar surface area (TPSA) is 67.2 Å². The molecule has 4 heterocycles. The molecule has 1 atom stereocenters. The number of anilines is 1. The highest BCUT2D eigenvalue weighted by atomic mass is 16.2. The van der Waals surface area contributed by atoms with Gasteiger partial charge in [-0.2, -0.15) is 5.10 Å². The molecule has 0 saturated carbocycles. The van der Waals surface area contributed by atoms with Crippen LogP contribution in [0.25, 0.3) is 0 Å². The maximum atomic E-state index is 13.3. The van der Waals surface area contributed by atoms with Gasteiger partial charge in [0.15, 0.2) is 5.82 Å². The Morgan fingerprint density at radius 2 is 1.94 bits per heavy atom. The largest absolute Gasteiger partial charge is 0.356 e. The summed E-state index contributed by atoms with van der Waals surface area (Å²) < 4.78 is 1.68. The number of rotatable bonds is 5. The number of nitrogens with zero attached hydrogens (tertiary/aromatic N) is 6. The number of piperidine rings is 1. The van der Waals surface area contributed by atoms with Crippen LogP contribution in [-0.2, 0) is 19.9 Å². The fraction of sp³-hybridized carbons (Fsp3) is 0.462. The van der Waals surface area contributed by atoms with Crippen LogP contribution < -0.4 is 4.90 Å². The number of amides is 1. The van der Waals surface area contributed by atoms with Crippen molar-refractivity contribution in [2.45, 2.75) is 51.5 Å². The van der Waals surface area contributed by atoms with Gasteiger partial charge in [-0.05, 0) is 51.0 Å². The number of likely N-dealkylation sites (tertiary alicyclic amines) is 1. The molecule has 172 valence electrons. The van der Waals surface area contributed by atoms with Gasteiger partial charge in [0.1, 0.15) is 5.82 Å². The molecule has 0 bridgehead atoms. The molecule has 0 unspecified atom stereocenters. The van der Waals surface area contributed by atoms with Crippen molar-refractivity contribution in [1.82, 2.24) is 24.6 Å². The second kappa shape index (κ2) is 9.33. The summed E-state index contributed by atoms with van der Waals surface area (Å²) in [6, 6.07) is 10.5. The third kappa shape index (κ3) is 4.49. The Morgan fingerprint density at radius 3 is 2.73 bits per heavy atom. The van der Waals surface area contributed by atoms with Crippen molar-refractivity contribution in [1.29, 1.82) is 0 Å². The van der Waals surface area contributed by atoms with Crippen LogP contribution in [0.5, 0.6) is 0 Å². The minimum atomic E-state index is -0.0895. The summed E-state index contributed by atoms with van der Waals surface area (Å²) in [4.78, 5) is 27.7. The minimum Gasteiger partial charge on any atom is -0.356 e. The van der Waals surface area contributed by atoms with Gasteiger partial charge in [0.2, 0.25) is 0 Å². The predicted octanol–water partition coefficient (Wildman–Crippen LogP) is 3.88. The summed E-state index contributed by atoms with van der Waals surface area (Å²) in [5.41, 5.74) is 4.29. The van der Waals surface area contributed by atoms with Crippen molar-refractivity contribution >= 4 is 11.7 Å². The van der Waals surface area contributed by atoms with E-state index in [0.29, 0.717) is 5.56 Å². The maximum absolute atomic E-state index is 13.3. The van der Waals surface area contributed by atoms with Crippen LogP contribution in [0.1, 0.15) is 64.7 Å². The zero-order chi connectivity index (χ0) is 22.8. The Balaban J connectivity index is 1.43. The SMILES string of the molecule is Cc1nc([C@H]2CCCCN2C(=O)c2cnn(C)c2)nc2c1CCCN2CCc1ccccc1. The smallest absolute Gasteiger partial charge is 0.257 e. The lowest BCUT2D eigenvalue weighted by molar-refractivity contribution is 0.0599. The minimum absolute atomic E-state index is 0.0210. The van der Waals surface area contributed by atoms with Gasteiger partial charge in [0.25, 0.3) is 5.91 Å². The Bertz CT molecular complexity index is 1130. The summed E-state index contributed by atoms with van der Waals surface area (Å²) in [5, 5.41) is 4.19. The van der Waals surface area contributed by atoms with Gasteiger partial charge in [0, 0.05) is 44.1 Å². The first-order valence-corrected chi connectivity index (χ1v) is 12.1. The first kappa shape index (κ1) is 21.6. The summed E-state index contributed by atoms with van der Waals surface area (Å²) >= 11 is 0. The van der Waals surface area contributed by atoms with E-state index in [4.69, 9.17) is 9.97 Å². The van der Waals surface area contributed by atoms with Gasteiger partial charge < -0.3 is 9.80 Å². The van der Waals surface area contributed by atoms with Crippen molar-refractivity contribution in [3.05, 3.63) is 70.9 Å². The number of carbonyl (C=O) groups is 1. The van der Waals surface area contributed by atoms with E-state index in [0.717, 1.165) is 75.5 Å². The zero-order valence-electron chi connectivity index (χ0n) is 19.6. The molecule has 0 N–H and O–H groups in total. The highest BCUT2D eigenvalue weighted by Crippen LogP contribution is 2.34. The summed E-state index contributed by atoms with van der Waals surface area (Å²) in [5.74, 6) is 1.88. The fourth-order valence-electron chi connectivity index (χ4n) is 5.12. The molecule has 2 aliphatic rings. The van der Waals surface area contributed by atoms with E-state index in [1.54, 1.807) is 17.1 Å². The van der Waals surface area contributed by atoms with Crippen molar-refractivity contribution in [3.8, 4) is 0 Å². The Kier molecular flexibility index (Phi) is 6.11. The molecule has 2 aliphatic heterocycles. The molecule has 1 amide bonds. The third-order valence-corrected chi connectivity index (χ3v) is 6.89. The van der Waals surface area contributed by atoms with Crippen LogP contribution in [0.4, 0.5) is 5.82 Å².